The van der Waals surface area contributed by atoms with Crippen molar-refractivity contribution in [2.45, 2.75) is 11.1 Å². The first-order valence-corrected chi connectivity index (χ1v) is 5.65. The summed E-state index contributed by atoms with van der Waals surface area (Å²) in [7, 11) is 0.478. The highest BCUT2D eigenvalue weighted by Gasteiger charge is 2.36. The van der Waals surface area contributed by atoms with E-state index in [0.717, 1.165) is 12.1 Å². The number of hydrogen-bond donors (Lipinski definition) is 0. The molecule has 0 amide bonds. The van der Waals surface area contributed by atoms with Crippen LogP contribution in [0.15, 0.2) is 29.2 Å². The Hall–Kier alpha value is -0.170. The zero-order valence-corrected chi connectivity index (χ0v) is 10.6. The third-order valence-electron chi connectivity index (χ3n) is 1.46. The van der Waals surface area contributed by atoms with Crippen LogP contribution >= 0.6 is 35.5 Å². The fourth-order valence-electron chi connectivity index (χ4n) is 0.913. The van der Waals surface area contributed by atoms with Crippen LogP contribution in [0.5, 0.6) is 0 Å². The highest BCUT2D eigenvalue weighted by molar-refractivity contribution is 8.13. The van der Waals surface area contributed by atoms with Gasteiger partial charge in [0.1, 0.15) is 0 Å². The zero-order chi connectivity index (χ0) is 11.0. The van der Waals surface area contributed by atoms with Gasteiger partial charge in [0.15, 0.2) is 0 Å². The fourth-order valence-corrected chi connectivity index (χ4v) is 2.00. The minimum absolute atomic E-state index is 0. The topological polar surface area (TPSA) is 34.1 Å². The minimum Gasteiger partial charge on any atom is -0.207 e. The molecule has 0 aromatic heterocycles. The summed E-state index contributed by atoms with van der Waals surface area (Å²) in [5, 5.41) is 0. The average molecular weight is 318 g/mol. The van der Waals surface area contributed by atoms with Gasteiger partial charge in [-0.1, -0.05) is 12.1 Å². The molecule has 0 N–H and O–H groups in total. The molecule has 9 heteroatoms. The molecule has 0 aliphatic heterocycles. The van der Waals surface area contributed by atoms with Crippen LogP contribution in [0.25, 0.3) is 0 Å². The molecule has 1 aromatic rings. The Labute approximate surface area is 107 Å². The molecule has 0 spiro atoms. The predicted octanol–water partition coefficient (Wildman–Crippen LogP) is 3.48. The van der Waals surface area contributed by atoms with Gasteiger partial charge in [-0.05, 0) is 12.1 Å². The summed E-state index contributed by atoms with van der Waals surface area (Å²) in [6, 6.07) is 3.74. The van der Waals surface area contributed by atoms with E-state index in [1.807, 2.05) is 0 Å². The highest BCUT2D eigenvalue weighted by atomic mass is 35.7. The zero-order valence-electron chi connectivity index (χ0n) is 7.36. The summed E-state index contributed by atoms with van der Waals surface area (Å²) >= 11 is 0. The molecule has 0 saturated carbocycles. The van der Waals surface area contributed by atoms with Crippen LogP contribution < -0.4 is 0 Å². The van der Waals surface area contributed by atoms with E-state index in [0.29, 0.717) is 6.07 Å². The van der Waals surface area contributed by atoms with Crippen LogP contribution in [0.4, 0.5) is 13.2 Å². The summed E-state index contributed by atoms with van der Waals surface area (Å²) in [6.45, 7) is 0. The third kappa shape index (κ3) is 4.37. The number of benzene rings is 1. The van der Waals surface area contributed by atoms with Gasteiger partial charge in [0.2, 0.25) is 0 Å². The normalized spacial score (nSPS) is 11.2. The Bertz CT molecular complexity index is 444. The van der Waals surface area contributed by atoms with Crippen molar-refractivity contribution in [1.82, 2.24) is 0 Å². The average Bonchev–Trinajstić information content (AvgIpc) is 2.01. The quantitative estimate of drug-likeness (QED) is 0.743. The molecule has 0 saturated heterocycles. The summed E-state index contributed by atoms with van der Waals surface area (Å²) in [4.78, 5) is -0.922. The highest BCUT2D eigenvalue weighted by Crippen LogP contribution is 2.34. The minimum atomic E-state index is -4.72. The van der Waals surface area contributed by atoms with Crippen molar-refractivity contribution >= 4 is 44.5 Å². The molecule has 0 radical (unpaired) electrons. The molecule has 0 heterocycles. The molecule has 1 aromatic carbocycles. The van der Waals surface area contributed by atoms with E-state index in [4.69, 9.17) is 10.7 Å². The van der Waals surface area contributed by atoms with E-state index in [1.54, 1.807) is 0 Å². The van der Waals surface area contributed by atoms with Gasteiger partial charge in [0.05, 0.1) is 10.5 Å². The number of alkyl halides is 3. The molecular weight excluding hydrogens is 311 g/mol. The van der Waals surface area contributed by atoms with Gasteiger partial charge in [-0.15, -0.1) is 24.8 Å². The van der Waals surface area contributed by atoms with Gasteiger partial charge in [-0.2, -0.15) is 13.2 Å². The lowest BCUT2D eigenvalue weighted by Gasteiger charge is -2.09. The van der Waals surface area contributed by atoms with Gasteiger partial charge in [-0.3, -0.25) is 0 Å². The van der Waals surface area contributed by atoms with Crippen LogP contribution in [-0.4, -0.2) is 8.42 Å². The second kappa shape index (κ2) is 5.95. The lowest BCUT2D eigenvalue weighted by molar-refractivity contribution is -0.139. The van der Waals surface area contributed by atoms with E-state index >= 15 is 0 Å². The smallest absolute Gasteiger partial charge is 0.207 e. The Morgan fingerprint density at radius 1 is 1.06 bits per heavy atom. The second-order valence-electron chi connectivity index (χ2n) is 2.43. The van der Waals surface area contributed by atoms with Gasteiger partial charge in [0, 0.05) is 10.7 Å². The van der Waals surface area contributed by atoms with Crippen molar-refractivity contribution in [1.29, 1.82) is 0 Å². The molecule has 0 atom stereocenters. The summed E-state index contributed by atoms with van der Waals surface area (Å²) in [6.07, 6.45) is -4.72. The van der Waals surface area contributed by atoms with Crippen molar-refractivity contribution in [3.63, 3.8) is 0 Å². The van der Waals surface area contributed by atoms with Gasteiger partial charge >= 0.3 is 6.18 Å². The standard InChI is InChI=1S/C7H4ClF3O2S.2ClH/c8-14(12,13)6-4-2-1-3-5(6)7(9,10)11;;/h1-4H;2*1H. The first kappa shape index (κ1) is 18.2. The molecule has 0 fully saturated rings. The maximum atomic E-state index is 12.3. The van der Waals surface area contributed by atoms with Crippen molar-refractivity contribution in [3.8, 4) is 0 Å². The first-order chi connectivity index (χ1) is 6.23. The van der Waals surface area contributed by atoms with E-state index in [9.17, 15) is 21.6 Å². The predicted molar refractivity (Wildman–Crippen MR) is 59.0 cm³/mol. The van der Waals surface area contributed by atoms with Crippen molar-refractivity contribution in [2.24, 2.45) is 0 Å². The number of hydrogen-bond acceptors (Lipinski definition) is 2. The number of rotatable bonds is 1. The number of halogens is 6. The Balaban J connectivity index is 0. The maximum Gasteiger partial charge on any atom is 0.417 e. The van der Waals surface area contributed by atoms with Crippen LogP contribution in [0.2, 0.25) is 0 Å². The second-order valence-corrected chi connectivity index (χ2v) is 4.97. The maximum absolute atomic E-state index is 12.3. The van der Waals surface area contributed by atoms with E-state index < -0.39 is 25.7 Å². The van der Waals surface area contributed by atoms with Gasteiger partial charge < -0.3 is 0 Å². The van der Waals surface area contributed by atoms with Crippen LogP contribution in [0.3, 0.4) is 0 Å². The fraction of sp³-hybridized carbons (Fsp3) is 0.143. The van der Waals surface area contributed by atoms with Crippen LogP contribution in [0, 0.1) is 0 Å². The summed E-state index contributed by atoms with van der Waals surface area (Å²) < 4.78 is 58.3. The molecule has 0 aliphatic carbocycles. The SMILES string of the molecule is Cl.Cl.O=S(=O)(Cl)c1ccccc1C(F)(F)F. The van der Waals surface area contributed by atoms with Crippen LogP contribution in [-0.2, 0) is 15.2 Å². The van der Waals surface area contributed by atoms with Gasteiger partial charge in [0.25, 0.3) is 9.05 Å². The Kier molecular flexibility index (Phi) is 6.77. The third-order valence-corrected chi connectivity index (χ3v) is 2.84. The molecule has 16 heavy (non-hydrogen) atoms. The summed E-state index contributed by atoms with van der Waals surface area (Å²) in [5.74, 6) is 0. The molecule has 94 valence electrons. The van der Waals surface area contributed by atoms with Gasteiger partial charge in [-0.25, -0.2) is 8.42 Å². The molecular formula is C7H6Cl3F3O2S. The van der Waals surface area contributed by atoms with E-state index in [-0.39, 0.29) is 24.8 Å². The molecule has 0 aliphatic rings. The Morgan fingerprint density at radius 3 is 1.81 bits per heavy atom. The lowest BCUT2D eigenvalue weighted by atomic mass is 10.2. The molecule has 0 bridgehead atoms. The first-order valence-electron chi connectivity index (χ1n) is 3.34. The van der Waals surface area contributed by atoms with Crippen molar-refractivity contribution in [3.05, 3.63) is 29.8 Å². The largest absolute Gasteiger partial charge is 0.417 e. The Morgan fingerprint density at radius 2 is 1.50 bits per heavy atom. The molecule has 1 rings (SSSR count). The van der Waals surface area contributed by atoms with E-state index in [1.165, 1.54) is 6.07 Å². The van der Waals surface area contributed by atoms with Crippen molar-refractivity contribution < 1.29 is 21.6 Å². The van der Waals surface area contributed by atoms with Crippen LogP contribution in [0.1, 0.15) is 5.56 Å². The van der Waals surface area contributed by atoms with E-state index in [2.05, 4.69) is 0 Å². The summed E-state index contributed by atoms with van der Waals surface area (Å²) in [5.41, 5.74) is -1.25. The lowest BCUT2D eigenvalue weighted by Crippen LogP contribution is -2.10. The molecule has 0 unspecified atom stereocenters. The molecule has 2 nitrogen and oxygen atoms in total. The van der Waals surface area contributed by atoms with Crippen molar-refractivity contribution in [2.75, 3.05) is 0 Å². The monoisotopic (exact) mass is 316 g/mol.